The van der Waals surface area contributed by atoms with E-state index in [4.69, 9.17) is 4.74 Å². The molecule has 1 aliphatic heterocycles. The SMILES string of the molecule is CCCNC(CN1CCOC1=O)c1ccc(CC)cc1. The maximum absolute atomic E-state index is 11.6. The molecule has 4 heteroatoms. The molecule has 1 unspecified atom stereocenters. The van der Waals surface area contributed by atoms with Gasteiger partial charge in [0.25, 0.3) is 0 Å². The van der Waals surface area contributed by atoms with Crippen molar-refractivity contribution in [1.82, 2.24) is 10.2 Å². The first-order chi connectivity index (χ1) is 9.74. The van der Waals surface area contributed by atoms with Crippen molar-refractivity contribution in [3.63, 3.8) is 0 Å². The Morgan fingerprint density at radius 1 is 1.30 bits per heavy atom. The van der Waals surface area contributed by atoms with Crippen LogP contribution in [0.2, 0.25) is 0 Å². The van der Waals surface area contributed by atoms with Crippen molar-refractivity contribution in [2.24, 2.45) is 0 Å². The Bertz CT molecular complexity index is 431. The summed E-state index contributed by atoms with van der Waals surface area (Å²) in [7, 11) is 0. The number of hydrogen-bond acceptors (Lipinski definition) is 3. The predicted octanol–water partition coefficient (Wildman–Crippen LogP) is 2.74. The van der Waals surface area contributed by atoms with Crippen LogP contribution in [0.5, 0.6) is 0 Å². The molecule has 1 fully saturated rings. The Morgan fingerprint density at radius 3 is 2.60 bits per heavy atom. The van der Waals surface area contributed by atoms with Gasteiger partial charge in [-0.3, -0.25) is 0 Å². The molecule has 20 heavy (non-hydrogen) atoms. The standard InChI is InChI=1S/C16H24N2O2/c1-3-9-17-15(12-18-10-11-20-16(18)19)14-7-5-13(4-2)6-8-14/h5-8,15,17H,3-4,9-12H2,1-2H3. The fraction of sp³-hybridized carbons (Fsp3) is 0.562. The molecule has 0 aliphatic carbocycles. The Hall–Kier alpha value is -1.55. The summed E-state index contributed by atoms with van der Waals surface area (Å²) < 4.78 is 5.00. The van der Waals surface area contributed by atoms with Gasteiger partial charge in [0.1, 0.15) is 6.61 Å². The van der Waals surface area contributed by atoms with E-state index in [1.807, 2.05) is 0 Å². The van der Waals surface area contributed by atoms with Crippen LogP contribution in [0, 0.1) is 0 Å². The number of nitrogens with zero attached hydrogens (tertiary/aromatic N) is 1. The molecule has 2 rings (SSSR count). The lowest BCUT2D eigenvalue weighted by molar-refractivity contribution is 0.155. The first kappa shape index (κ1) is 14.9. The lowest BCUT2D eigenvalue weighted by Gasteiger charge is -2.23. The Morgan fingerprint density at radius 2 is 2.05 bits per heavy atom. The summed E-state index contributed by atoms with van der Waals surface area (Å²) in [6, 6.07) is 8.82. The number of rotatable bonds is 7. The smallest absolute Gasteiger partial charge is 0.410 e. The van der Waals surface area contributed by atoms with Crippen molar-refractivity contribution >= 4 is 6.09 Å². The molecule has 0 aromatic heterocycles. The second-order valence-corrected chi connectivity index (χ2v) is 5.16. The summed E-state index contributed by atoms with van der Waals surface area (Å²) in [5, 5.41) is 3.52. The van der Waals surface area contributed by atoms with Gasteiger partial charge in [0.15, 0.2) is 0 Å². The Labute approximate surface area is 121 Å². The number of cyclic esters (lactones) is 1. The van der Waals surface area contributed by atoms with Crippen LogP contribution < -0.4 is 5.32 Å². The van der Waals surface area contributed by atoms with E-state index in [9.17, 15) is 4.79 Å². The number of hydrogen-bond donors (Lipinski definition) is 1. The number of ether oxygens (including phenoxy) is 1. The van der Waals surface area contributed by atoms with Crippen LogP contribution in [0.15, 0.2) is 24.3 Å². The molecule has 110 valence electrons. The van der Waals surface area contributed by atoms with Crippen LogP contribution in [0.1, 0.15) is 37.4 Å². The predicted molar refractivity (Wildman–Crippen MR) is 79.8 cm³/mol. The molecule has 1 saturated heterocycles. The highest BCUT2D eigenvalue weighted by atomic mass is 16.6. The van der Waals surface area contributed by atoms with E-state index in [1.165, 1.54) is 11.1 Å². The third kappa shape index (κ3) is 3.73. The Balaban J connectivity index is 2.06. The van der Waals surface area contributed by atoms with Crippen LogP contribution in [-0.4, -0.2) is 37.2 Å². The van der Waals surface area contributed by atoms with Gasteiger partial charge in [-0.05, 0) is 30.5 Å². The van der Waals surface area contributed by atoms with Gasteiger partial charge in [-0.15, -0.1) is 0 Å². The van der Waals surface area contributed by atoms with E-state index < -0.39 is 0 Å². The van der Waals surface area contributed by atoms with Gasteiger partial charge >= 0.3 is 6.09 Å². The minimum absolute atomic E-state index is 0.173. The number of amides is 1. The zero-order valence-electron chi connectivity index (χ0n) is 12.4. The number of carbonyl (C=O) groups excluding carboxylic acids is 1. The summed E-state index contributed by atoms with van der Waals surface area (Å²) >= 11 is 0. The molecule has 1 aromatic carbocycles. The van der Waals surface area contributed by atoms with Gasteiger partial charge in [0.05, 0.1) is 12.6 Å². The summed E-state index contributed by atoms with van der Waals surface area (Å²) in [5.41, 5.74) is 2.57. The van der Waals surface area contributed by atoms with Gasteiger partial charge in [0, 0.05) is 6.54 Å². The molecule has 0 spiro atoms. The van der Waals surface area contributed by atoms with E-state index in [2.05, 4.69) is 43.4 Å². The lowest BCUT2D eigenvalue weighted by Crippen LogP contribution is -2.36. The minimum atomic E-state index is -0.196. The maximum atomic E-state index is 11.6. The van der Waals surface area contributed by atoms with Gasteiger partial charge in [0.2, 0.25) is 0 Å². The van der Waals surface area contributed by atoms with Gasteiger partial charge in [-0.2, -0.15) is 0 Å². The van der Waals surface area contributed by atoms with Crippen LogP contribution in [0.3, 0.4) is 0 Å². The van der Waals surface area contributed by atoms with Crippen LogP contribution in [0.4, 0.5) is 4.79 Å². The van der Waals surface area contributed by atoms with Crippen LogP contribution in [-0.2, 0) is 11.2 Å². The highest BCUT2D eigenvalue weighted by molar-refractivity contribution is 5.69. The van der Waals surface area contributed by atoms with E-state index in [1.54, 1.807) is 4.90 Å². The van der Waals surface area contributed by atoms with Gasteiger partial charge in [-0.1, -0.05) is 38.1 Å². The molecule has 0 bridgehead atoms. The molecule has 1 aromatic rings. The summed E-state index contributed by atoms with van der Waals surface area (Å²) in [6.45, 7) is 7.12. The number of benzene rings is 1. The minimum Gasteiger partial charge on any atom is -0.448 e. The first-order valence-corrected chi connectivity index (χ1v) is 7.48. The third-order valence-corrected chi connectivity index (χ3v) is 3.68. The molecule has 1 N–H and O–H groups in total. The first-order valence-electron chi connectivity index (χ1n) is 7.48. The number of carbonyl (C=O) groups is 1. The summed E-state index contributed by atoms with van der Waals surface area (Å²) in [4.78, 5) is 13.4. The van der Waals surface area contributed by atoms with Crippen molar-refractivity contribution in [2.45, 2.75) is 32.7 Å². The van der Waals surface area contributed by atoms with Gasteiger partial charge < -0.3 is 15.0 Å². The maximum Gasteiger partial charge on any atom is 0.410 e. The third-order valence-electron chi connectivity index (χ3n) is 3.68. The molecule has 1 heterocycles. The van der Waals surface area contributed by atoms with E-state index in [0.29, 0.717) is 19.7 Å². The molecule has 1 amide bonds. The topological polar surface area (TPSA) is 41.6 Å². The fourth-order valence-electron chi connectivity index (χ4n) is 2.40. The van der Waals surface area contributed by atoms with Crippen molar-refractivity contribution in [1.29, 1.82) is 0 Å². The van der Waals surface area contributed by atoms with Crippen molar-refractivity contribution in [3.8, 4) is 0 Å². The van der Waals surface area contributed by atoms with Crippen molar-refractivity contribution in [3.05, 3.63) is 35.4 Å². The monoisotopic (exact) mass is 276 g/mol. The van der Waals surface area contributed by atoms with Crippen molar-refractivity contribution in [2.75, 3.05) is 26.2 Å². The molecule has 1 atom stereocenters. The summed E-state index contributed by atoms with van der Waals surface area (Å²) in [6.07, 6.45) is 1.93. The molecule has 0 saturated carbocycles. The normalized spacial score (nSPS) is 16.3. The lowest BCUT2D eigenvalue weighted by atomic mass is 10.0. The zero-order valence-corrected chi connectivity index (χ0v) is 12.4. The molecular weight excluding hydrogens is 252 g/mol. The number of aryl methyl sites for hydroxylation is 1. The second kappa shape index (κ2) is 7.29. The largest absolute Gasteiger partial charge is 0.448 e. The van der Waals surface area contributed by atoms with Crippen molar-refractivity contribution < 1.29 is 9.53 Å². The molecule has 1 aliphatic rings. The molecular formula is C16H24N2O2. The van der Waals surface area contributed by atoms with E-state index in [-0.39, 0.29) is 12.1 Å². The second-order valence-electron chi connectivity index (χ2n) is 5.16. The molecule has 0 radical (unpaired) electrons. The highest BCUT2D eigenvalue weighted by Gasteiger charge is 2.25. The fourth-order valence-corrected chi connectivity index (χ4v) is 2.40. The van der Waals surface area contributed by atoms with E-state index in [0.717, 1.165) is 19.4 Å². The average Bonchev–Trinajstić information content (AvgIpc) is 2.89. The zero-order chi connectivity index (χ0) is 14.4. The Kier molecular flexibility index (Phi) is 5.41. The van der Waals surface area contributed by atoms with E-state index >= 15 is 0 Å². The quantitative estimate of drug-likeness (QED) is 0.832. The summed E-state index contributed by atoms with van der Waals surface area (Å²) in [5.74, 6) is 0. The molecule has 4 nitrogen and oxygen atoms in total. The van der Waals surface area contributed by atoms with Crippen LogP contribution >= 0.6 is 0 Å². The van der Waals surface area contributed by atoms with Gasteiger partial charge in [-0.25, -0.2) is 4.79 Å². The average molecular weight is 276 g/mol. The number of nitrogens with one attached hydrogen (secondary N) is 1. The van der Waals surface area contributed by atoms with Crippen LogP contribution in [0.25, 0.3) is 0 Å². The highest BCUT2D eigenvalue weighted by Crippen LogP contribution is 2.18.